The van der Waals surface area contributed by atoms with Crippen LogP contribution in [-0.4, -0.2) is 21.0 Å². The molecule has 0 unspecified atom stereocenters. The van der Waals surface area contributed by atoms with Crippen molar-refractivity contribution >= 4 is 17.3 Å². The summed E-state index contributed by atoms with van der Waals surface area (Å²) in [6.07, 6.45) is 1.53. The maximum Gasteiger partial charge on any atom is 0.342 e. The van der Waals surface area contributed by atoms with E-state index in [0.717, 1.165) is 0 Å². The van der Waals surface area contributed by atoms with Crippen LogP contribution >= 0.6 is 0 Å². The first-order valence-electron chi connectivity index (χ1n) is 5.65. The number of nitro groups is 1. The Labute approximate surface area is 113 Å². The van der Waals surface area contributed by atoms with Crippen molar-refractivity contribution < 1.29 is 19.2 Å². The number of aromatic nitrogens is 1. The van der Waals surface area contributed by atoms with Gasteiger partial charge in [0.15, 0.2) is 0 Å². The van der Waals surface area contributed by atoms with Crippen molar-refractivity contribution in [2.75, 3.05) is 5.32 Å². The van der Waals surface area contributed by atoms with Gasteiger partial charge >= 0.3 is 11.7 Å². The summed E-state index contributed by atoms with van der Waals surface area (Å²) in [5.74, 6) is -0.375. The zero-order valence-electron chi connectivity index (χ0n) is 10.5. The summed E-state index contributed by atoms with van der Waals surface area (Å²) in [6, 6.07) is 4.04. The number of nitro benzene ring substituents is 1. The molecule has 0 fully saturated rings. The standard InChI is InChI=1S/C12H11N3O5/c1-7-5-14-10(20-7)6-13-9-4-2-3-8(12(16)17)11(9)15(18)19/h2-5,13H,6H2,1H3,(H,16,17). The van der Waals surface area contributed by atoms with E-state index >= 15 is 0 Å². The van der Waals surface area contributed by atoms with Crippen molar-refractivity contribution in [3.63, 3.8) is 0 Å². The molecule has 8 heteroatoms. The molecule has 0 radical (unpaired) electrons. The van der Waals surface area contributed by atoms with Gasteiger partial charge in [-0.25, -0.2) is 9.78 Å². The normalized spacial score (nSPS) is 10.2. The lowest BCUT2D eigenvalue weighted by atomic mass is 10.1. The summed E-state index contributed by atoms with van der Waals surface area (Å²) in [5, 5.41) is 22.7. The highest BCUT2D eigenvalue weighted by molar-refractivity contribution is 5.95. The summed E-state index contributed by atoms with van der Waals surface area (Å²) in [5.41, 5.74) is -0.752. The van der Waals surface area contributed by atoms with E-state index in [4.69, 9.17) is 9.52 Å². The van der Waals surface area contributed by atoms with Crippen molar-refractivity contribution in [3.05, 3.63) is 51.7 Å². The van der Waals surface area contributed by atoms with Crippen LogP contribution < -0.4 is 5.32 Å². The van der Waals surface area contributed by atoms with E-state index in [2.05, 4.69) is 10.3 Å². The third-order valence-corrected chi connectivity index (χ3v) is 2.55. The average molecular weight is 277 g/mol. The highest BCUT2D eigenvalue weighted by atomic mass is 16.6. The molecule has 2 rings (SSSR count). The van der Waals surface area contributed by atoms with Crippen molar-refractivity contribution in [2.45, 2.75) is 13.5 Å². The maximum atomic E-state index is 11.0. The molecule has 1 aromatic heterocycles. The number of nitrogens with one attached hydrogen (secondary N) is 1. The Morgan fingerprint density at radius 1 is 1.55 bits per heavy atom. The number of hydrogen-bond donors (Lipinski definition) is 2. The number of oxazole rings is 1. The second-order valence-electron chi connectivity index (χ2n) is 3.98. The molecule has 1 aromatic carbocycles. The SMILES string of the molecule is Cc1cnc(CNc2cccc(C(=O)O)c2[N+](=O)[O-])o1. The minimum atomic E-state index is -1.35. The van der Waals surface area contributed by atoms with Crippen LogP contribution in [0.2, 0.25) is 0 Å². The second-order valence-corrected chi connectivity index (χ2v) is 3.98. The van der Waals surface area contributed by atoms with Crippen LogP contribution in [0.15, 0.2) is 28.8 Å². The lowest BCUT2D eigenvalue weighted by Gasteiger charge is -2.06. The van der Waals surface area contributed by atoms with E-state index in [-0.39, 0.29) is 17.8 Å². The number of carboxylic acid groups (broad SMARTS) is 1. The van der Waals surface area contributed by atoms with Crippen LogP contribution in [0.25, 0.3) is 0 Å². The summed E-state index contributed by atoms with van der Waals surface area (Å²) >= 11 is 0. The first kappa shape index (κ1) is 13.5. The van der Waals surface area contributed by atoms with Gasteiger partial charge in [0.2, 0.25) is 5.89 Å². The van der Waals surface area contributed by atoms with E-state index in [0.29, 0.717) is 11.7 Å². The van der Waals surface area contributed by atoms with Gasteiger partial charge in [-0.3, -0.25) is 10.1 Å². The minimum Gasteiger partial charge on any atom is -0.477 e. The predicted molar refractivity (Wildman–Crippen MR) is 68.6 cm³/mol. The number of nitrogens with zero attached hydrogens (tertiary/aromatic N) is 2. The monoisotopic (exact) mass is 277 g/mol. The molecule has 1 heterocycles. The number of rotatable bonds is 5. The molecule has 0 aliphatic heterocycles. The number of aromatic carboxylic acids is 1. The molecule has 0 saturated carbocycles. The van der Waals surface area contributed by atoms with Gasteiger partial charge < -0.3 is 14.8 Å². The third-order valence-electron chi connectivity index (χ3n) is 2.55. The number of benzene rings is 1. The van der Waals surface area contributed by atoms with Crippen LogP contribution in [0.4, 0.5) is 11.4 Å². The number of carbonyl (C=O) groups is 1. The number of hydrogen-bond acceptors (Lipinski definition) is 6. The second kappa shape index (κ2) is 5.39. The summed E-state index contributed by atoms with van der Waals surface area (Å²) in [4.78, 5) is 25.2. The molecule has 0 bridgehead atoms. The molecule has 0 saturated heterocycles. The van der Waals surface area contributed by atoms with Crippen LogP contribution in [-0.2, 0) is 6.54 Å². The minimum absolute atomic E-state index is 0.103. The van der Waals surface area contributed by atoms with Crippen molar-refractivity contribution in [1.29, 1.82) is 0 Å². The number of anilines is 1. The topological polar surface area (TPSA) is 119 Å². The smallest absolute Gasteiger partial charge is 0.342 e. The zero-order valence-corrected chi connectivity index (χ0v) is 10.5. The van der Waals surface area contributed by atoms with Crippen LogP contribution in [0.3, 0.4) is 0 Å². The van der Waals surface area contributed by atoms with Crippen LogP contribution in [0.5, 0.6) is 0 Å². The van der Waals surface area contributed by atoms with Gasteiger partial charge in [0, 0.05) is 0 Å². The summed E-state index contributed by atoms with van der Waals surface area (Å²) in [6.45, 7) is 1.85. The third kappa shape index (κ3) is 2.74. The molecule has 0 spiro atoms. The summed E-state index contributed by atoms with van der Waals surface area (Å²) in [7, 11) is 0. The van der Waals surface area contributed by atoms with E-state index in [1.807, 2.05) is 0 Å². The van der Waals surface area contributed by atoms with E-state index in [1.54, 1.807) is 6.92 Å². The quantitative estimate of drug-likeness (QED) is 0.635. The fourth-order valence-corrected chi connectivity index (χ4v) is 1.71. The van der Waals surface area contributed by atoms with Gasteiger partial charge in [0.25, 0.3) is 0 Å². The first-order valence-corrected chi connectivity index (χ1v) is 5.65. The Morgan fingerprint density at radius 3 is 2.85 bits per heavy atom. The molecule has 2 N–H and O–H groups in total. The molecule has 0 aliphatic carbocycles. The van der Waals surface area contributed by atoms with E-state index in [9.17, 15) is 14.9 Å². The van der Waals surface area contributed by atoms with E-state index < -0.39 is 16.6 Å². The average Bonchev–Trinajstić information content (AvgIpc) is 2.81. The van der Waals surface area contributed by atoms with Crippen LogP contribution in [0, 0.1) is 17.0 Å². The highest BCUT2D eigenvalue weighted by Crippen LogP contribution is 2.29. The Bertz CT molecular complexity index is 665. The summed E-state index contributed by atoms with van der Waals surface area (Å²) < 4.78 is 5.22. The van der Waals surface area contributed by atoms with Gasteiger partial charge in [-0.2, -0.15) is 0 Å². The lowest BCUT2D eigenvalue weighted by Crippen LogP contribution is -2.08. The molecule has 0 amide bonds. The fourth-order valence-electron chi connectivity index (χ4n) is 1.71. The van der Waals surface area contributed by atoms with Gasteiger partial charge in [0.1, 0.15) is 17.0 Å². The molecule has 8 nitrogen and oxygen atoms in total. The Balaban J connectivity index is 2.29. The number of carboxylic acids is 1. The molecular weight excluding hydrogens is 266 g/mol. The molecule has 2 aromatic rings. The Hall–Kier alpha value is -2.90. The molecular formula is C12H11N3O5. The van der Waals surface area contributed by atoms with E-state index in [1.165, 1.54) is 24.4 Å². The van der Waals surface area contributed by atoms with Crippen LogP contribution in [0.1, 0.15) is 22.0 Å². The van der Waals surface area contributed by atoms with Crippen molar-refractivity contribution in [2.24, 2.45) is 0 Å². The first-order chi connectivity index (χ1) is 9.49. The molecule has 0 aliphatic rings. The van der Waals surface area contributed by atoms with Gasteiger partial charge in [-0.05, 0) is 19.1 Å². The van der Waals surface area contributed by atoms with Gasteiger partial charge in [-0.1, -0.05) is 6.07 Å². The largest absolute Gasteiger partial charge is 0.477 e. The molecule has 20 heavy (non-hydrogen) atoms. The maximum absolute atomic E-state index is 11.0. The van der Waals surface area contributed by atoms with Crippen molar-refractivity contribution in [1.82, 2.24) is 4.98 Å². The highest BCUT2D eigenvalue weighted by Gasteiger charge is 2.24. The predicted octanol–water partition coefficient (Wildman–Crippen LogP) is 2.20. The number of para-hydroxylation sites is 1. The Kier molecular flexibility index (Phi) is 3.65. The zero-order chi connectivity index (χ0) is 14.7. The van der Waals surface area contributed by atoms with Gasteiger partial charge in [0.05, 0.1) is 17.7 Å². The van der Waals surface area contributed by atoms with Crippen molar-refractivity contribution in [3.8, 4) is 0 Å². The lowest BCUT2D eigenvalue weighted by molar-refractivity contribution is -0.384. The van der Waals surface area contributed by atoms with Gasteiger partial charge in [-0.15, -0.1) is 0 Å². The molecule has 0 atom stereocenters. The fraction of sp³-hybridized carbons (Fsp3) is 0.167. The Morgan fingerprint density at radius 2 is 2.30 bits per heavy atom. The number of aryl methyl sites for hydroxylation is 1. The molecule has 104 valence electrons.